The van der Waals surface area contributed by atoms with E-state index in [1.165, 1.54) is 39.9 Å². The van der Waals surface area contributed by atoms with E-state index in [4.69, 9.17) is 5.73 Å². The Morgan fingerprint density at radius 3 is 2.30 bits per heavy atom. The number of anilines is 1. The largest absolute Gasteiger partial charge is 0.365 e. The van der Waals surface area contributed by atoms with Crippen molar-refractivity contribution in [1.82, 2.24) is 4.31 Å². The molecule has 33 heavy (non-hydrogen) atoms. The summed E-state index contributed by atoms with van der Waals surface area (Å²) in [6.07, 6.45) is 3.66. The van der Waals surface area contributed by atoms with Gasteiger partial charge in [0.05, 0.1) is 10.5 Å². The van der Waals surface area contributed by atoms with Crippen LogP contribution >= 0.6 is 11.3 Å². The molecule has 2 aliphatic rings. The van der Waals surface area contributed by atoms with Gasteiger partial charge in [-0.15, -0.1) is 11.3 Å². The van der Waals surface area contributed by atoms with Crippen LogP contribution in [-0.2, 0) is 22.9 Å². The van der Waals surface area contributed by atoms with Crippen LogP contribution in [0.5, 0.6) is 0 Å². The molecule has 3 atom stereocenters. The van der Waals surface area contributed by atoms with Crippen LogP contribution in [0.3, 0.4) is 0 Å². The maximum absolute atomic E-state index is 13.1. The number of hydrogen-bond donors (Lipinski definition) is 2. The molecule has 2 amide bonds. The monoisotopic (exact) mass is 489 g/mol. The molecule has 0 radical (unpaired) electrons. The molecule has 3 N–H and O–H groups in total. The van der Waals surface area contributed by atoms with Crippen LogP contribution in [0.15, 0.2) is 29.2 Å². The van der Waals surface area contributed by atoms with E-state index in [-0.39, 0.29) is 4.90 Å². The Balaban J connectivity index is 1.53. The molecule has 0 saturated carbocycles. The number of thiophene rings is 1. The molecule has 2 aromatic rings. The van der Waals surface area contributed by atoms with Crippen LogP contribution in [0.1, 0.15) is 64.8 Å². The SMILES string of the molecule is C[C@@H]1CCc2c(sc(NC(=O)c3ccc(S(=O)(=O)N4C[C@@H](C)C[C@H](C)C4)cc3)c2C(N)=O)C1. The minimum Gasteiger partial charge on any atom is -0.365 e. The summed E-state index contributed by atoms with van der Waals surface area (Å²) in [5, 5.41) is 3.30. The molecule has 1 aliphatic carbocycles. The summed E-state index contributed by atoms with van der Waals surface area (Å²) >= 11 is 1.41. The highest BCUT2D eigenvalue weighted by Crippen LogP contribution is 2.39. The van der Waals surface area contributed by atoms with Gasteiger partial charge in [0.1, 0.15) is 5.00 Å². The van der Waals surface area contributed by atoms with Crippen molar-refractivity contribution in [3.05, 3.63) is 45.8 Å². The molecule has 0 spiro atoms. The average Bonchev–Trinajstić information content (AvgIpc) is 3.10. The highest BCUT2D eigenvalue weighted by atomic mass is 32.2. The molecule has 1 fully saturated rings. The van der Waals surface area contributed by atoms with Gasteiger partial charge in [-0.2, -0.15) is 4.31 Å². The lowest BCUT2D eigenvalue weighted by molar-refractivity contribution is 0.1000. The second kappa shape index (κ2) is 9.19. The quantitative estimate of drug-likeness (QED) is 0.664. The number of amides is 2. The molecule has 0 bridgehead atoms. The van der Waals surface area contributed by atoms with E-state index in [9.17, 15) is 18.0 Å². The predicted octanol–water partition coefficient (Wildman–Crippen LogP) is 3.89. The number of carbonyl (C=O) groups excluding carboxylic acids is 2. The molecule has 1 aliphatic heterocycles. The van der Waals surface area contributed by atoms with E-state index >= 15 is 0 Å². The van der Waals surface area contributed by atoms with E-state index < -0.39 is 21.8 Å². The number of carbonyl (C=O) groups is 2. The third-order valence-electron chi connectivity index (χ3n) is 6.57. The lowest BCUT2D eigenvalue weighted by Gasteiger charge is -2.34. The summed E-state index contributed by atoms with van der Waals surface area (Å²) in [5.41, 5.74) is 7.32. The molecule has 7 nitrogen and oxygen atoms in total. The van der Waals surface area contributed by atoms with Gasteiger partial charge in [0.15, 0.2) is 0 Å². The fraction of sp³-hybridized carbons (Fsp3) is 0.500. The Morgan fingerprint density at radius 1 is 1.06 bits per heavy atom. The first-order valence-electron chi connectivity index (χ1n) is 11.4. The van der Waals surface area contributed by atoms with Crippen LogP contribution in [0.2, 0.25) is 0 Å². The van der Waals surface area contributed by atoms with Gasteiger partial charge in [0, 0.05) is 23.5 Å². The van der Waals surface area contributed by atoms with Gasteiger partial charge in [-0.1, -0.05) is 20.8 Å². The Labute approximate surface area is 199 Å². The van der Waals surface area contributed by atoms with Gasteiger partial charge >= 0.3 is 0 Å². The Morgan fingerprint density at radius 2 is 1.70 bits per heavy atom. The Hall–Kier alpha value is -2.23. The van der Waals surface area contributed by atoms with E-state index in [1.807, 2.05) is 0 Å². The number of hydrogen-bond acceptors (Lipinski definition) is 5. The standard InChI is InChI=1S/C24H31N3O4S2/c1-14-4-9-19-20(11-14)32-24(21(19)22(25)28)26-23(29)17-5-7-18(8-6-17)33(30,31)27-12-15(2)10-16(3)13-27/h5-8,14-16H,4,9-13H2,1-3H3,(H2,25,28)(H,26,29)/t14-,15+,16+/m1/s1. The van der Waals surface area contributed by atoms with Crippen molar-refractivity contribution in [2.24, 2.45) is 23.5 Å². The van der Waals surface area contributed by atoms with Gasteiger partial charge in [0.2, 0.25) is 10.0 Å². The summed E-state index contributed by atoms with van der Waals surface area (Å²) in [6, 6.07) is 5.98. The smallest absolute Gasteiger partial charge is 0.256 e. The molecule has 2 heterocycles. The van der Waals surface area contributed by atoms with E-state index in [1.54, 1.807) is 0 Å². The predicted molar refractivity (Wildman–Crippen MR) is 130 cm³/mol. The fourth-order valence-corrected chi connectivity index (χ4v) is 8.09. The normalized spacial score (nSPS) is 23.7. The summed E-state index contributed by atoms with van der Waals surface area (Å²) < 4.78 is 27.7. The Bertz CT molecular complexity index is 1160. The number of benzene rings is 1. The van der Waals surface area contributed by atoms with Crippen LogP contribution in [0, 0.1) is 17.8 Å². The molecule has 1 aromatic heterocycles. The maximum atomic E-state index is 13.1. The van der Waals surface area contributed by atoms with Gasteiger partial charge < -0.3 is 11.1 Å². The van der Waals surface area contributed by atoms with Gasteiger partial charge in [-0.25, -0.2) is 8.42 Å². The molecule has 1 saturated heterocycles. The number of rotatable bonds is 5. The third kappa shape index (κ3) is 4.85. The molecular formula is C24H31N3O4S2. The maximum Gasteiger partial charge on any atom is 0.256 e. The molecule has 4 rings (SSSR count). The minimum absolute atomic E-state index is 0.179. The van der Waals surface area contributed by atoms with Crippen LogP contribution in [0.25, 0.3) is 0 Å². The van der Waals surface area contributed by atoms with Crippen molar-refractivity contribution in [3.63, 3.8) is 0 Å². The molecule has 9 heteroatoms. The third-order valence-corrected chi connectivity index (χ3v) is 9.59. The van der Waals surface area contributed by atoms with Crippen LogP contribution < -0.4 is 11.1 Å². The molecule has 178 valence electrons. The number of primary amides is 1. The van der Waals surface area contributed by atoms with Crippen molar-refractivity contribution < 1.29 is 18.0 Å². The first kappa shape index (κ1) is 23.9. The van der Waals surface area contributed by atoms with Crippen molar-refractivity contribution in [2.75, 3.05) is 18.4 Å². The average molecular weight is 490 g/mol. The van der Waals surface area contributed by atoms with Crippen molar-refractivity contribution >= 4 is 38.2 Å². The summed E-state index contributed by atoms with van der Waals surface area (Å²) in [5.74, 6) is 0.221. The zero-order chi connectivity index (χ0) is 23.9. The second-order valence-electron chi connectivity index (χ2n) is 9.67. The minimum atomic E-state index is -3.61. The van der Waals surface area contributed by atoms with E-state index in [0.717, 1.165) is 36.1 Å². The fourth-order valence-electron chi connectivity index (χ4n) is 5.00. The van der Waals surface area contributed by atoms with Crippen molar-refractivity contribution in [3.8, 4) is 0 Å². The zero-order valence-electron chi connectivity index (χ0n) is 19.3. The van der Waals surface area contributed by atoms with Crippen LogP contribution in [0.4, 0.5) is 5.00 Å². The lowest BCUT2D eigenvalue weighted by atomic mass is 9.88. The highest BCUT2D eigenvalue weighted by molar-refractivity contribution is 7.89. The number of fused-ring (bicyclic) bond motifs is 1. The number of sulfonamides is 1. The summed E-state index contributed by atoms with van der Waals surface area (Å²) in [6.45, 7) is 7.31. The zero-order valence-corrected chi connectivity index (χ0v) is 20.9. The number of nitrogens with two attached hydrogens (primary N) is 1. The van der Waals surface area contributed by atoms with Crippen molar-refractivity contribution in [1.29, 1.82) is 0 Å². The van der Waals surface area contributed by atoms with Gasteiger partial charge in [-0.3, -0.25) is 9.59 Å². The number of nitrogens with one attached hydrogen (secondary N) is 1. The second-order valence-corrected chi connectivity index (χ2v) is 12.7. The Kier molecular flexibility index (Phi) is 6.66. The number of nitrogens with zero attached hydrogens (tertiary/aromatic N) is 1. The first-order chi connectivity index (χ1) is 15.6. The lowest BCUT2D eigenvalue weighted by Crippen LogP contribution is -2.42. The van der Waals surface area contributed by atoms with E-state index in [0.29, 0.717) is 47.0 Å². The van der Waals surface area contributed by atoms with Gasteiger partial charge in [-0.05, 0) is 73.3 Å². The summed E-state index contributed by atoms with van der Waals surface area (Å²) in [7, 11) is -3.61. The molecular weight excluding hydrogens is 458 g/mol. The first-order valence-corrected chi connectivity index (χ1v) is 13.7. The van der Waals surface area contributed by atoms with Crippen LogP contribution in [-0.4, -0.2) is 37.6 Å². The van der Waals surface area contributed by atoms with E-state index in [2.05, 4.69) is 26.1 Å². The number of piperidine rings is 1. The molecule has 1 aromatic carbocycles. The van der Waals surface area contributed by atoms with Gasteiger partial charge in [0.25, 0.3) is 11.8 Å². The topological polar surface area (TPSA) is 110 Å². The summed E-state index contributed by atoms with van der Waals surface area (Å²) in [4.78, 5) is 26.3. The van der Waals surface area contributed by atoms with Crippen molar-refractivity contribution in [2.45, 2.75) is 51.3 Å². The molecule has 0 unspecified atom stereocenters. The highest BCUT2D eigenvalue weighted by Gasteiger charge is 2.32.